The van der Waals surface area contributed by atoms with Crippen LogP contribution in [0.4, 0.5) is 5.82 Å². The van der Waals surface area contributed by atoms with E-state index in [4.69, 9.17) is 5.26 Å². The van der Waals surface area contributed by atoms with Crippen LogP contribution in [0, 0.1) is 11.3 Å². The second-order valence-corrected chi connectivity index (χ2v) is 4.76. The molecule has 0 aliphatic heterocycles. The van der Waals surface area contributed by atoms with Crippen LogP contribution in [0.15, 0.2) is 12.3 Å². The molecule has 0 fully saturated rings. The van der Waals surface area contributed by atoms with Crippen LogP contribution < -0.4 is 4.72 Å². The van der Waals surface area contributed by atoms with Crippen LogP contribution in [0.2, 0.25) is 0 Å². The minimum atomic E-state index is -3.63. The van der Waals surface area contributed by atoms with Gasteiger partial charge in [0.2, 0.25) is 10.0 Å². The molecule has 0 aromatic carbocycles. The molecule has 1 aromatic heterocycles. The van der Waals surface area contributed by atoms with Gasteiger partial charge < -0.3 is 0 Å². The van der Waals surface area contributed by atoms with Crippen molar-refractivity contribution in [3.8, 4) is 6.07 Å². The number of aryl methyl sites for hydroxylation is 1. The summed E-state index contributed by atoms with van der Waals surface area (Å²) in [6.07, 6.45) is 1.47. The molecule has 0 radical (unpaired) electrons. The maximum absolute atomic E-state index is 11.4. The van der Waals surface area contributed by atoms with E-state index in [0.717, 1.165) is 0 Å². The Labute approximate surface area is 82.2 Å². The number of hydrogen-bond donors (Lipinski definition) is 1. The van der Waals surface area contributed by atoms with Gasteiger partial charge in [0.25, 0.3) is 0 Å². The highest BCUT2D eigenvalue weighted by molar-refractivity contribution is 7.93. The van der Waals surface area contributed by atoms with Crippen LogP contribution in [-0.4, -0.2) is 23.4 Å². The first-order valence-corrected chi connectivity index (χ1v) is 5.41. The fraction of sp³-hybridized carbons (Fsp3) is 0.429. The monoisotopic (exact) mass is 214 g/mol. The number of nitrogens with one attached hydrogen (secondary N) is 1. The van der Waals surface area contributed by atoms with E-state index in [1.54, 1.807) is 13.1 Å². The third-order valence-electron chi connectivity index (χ3n) is 1.71. The topological polar surface area (TPSA) is 87.8 Å². The normalized spacial score (nSPS) is 13.2. The van der Waals surface area contributed by atoms with Gasteiger partial charge in [-0.1, -0.05) is 0 Å². The van der Waals surface area contributed by atoms with Crippen LogP contribution in [-0.2, 0) is 17.1 Å². The van der Waals surface area contributed by atoms with Crippen LogP contribution >= 0.6 is 0 Å². The van der Waals surface area contributed by atoms with E-state index in [1.807, 2.05) is 0 Å². The van der Waals surface area contributed by atoms with Gasteiger partial charge in [-0.2, -0.15) is 10.4 Å². The molecule has 0 amide bonds. The first-order valence-electron chi connectivity index (χ1n) is 3.86. The summed E-state index contributed by atoms with van der Waals surface area (Å²) in [5.74, 6) is 0.340. The van der Waals surface area contributed by atoms with Crippen molar-refractivity contribution in [2.45, 2.75) is 12.2 Å². The summed E-state index contributed by atoms with van der Waals surface area (Å²) >= 11 is 0. The molecular formula is C7H10N4O2S. The van der Waals surface area contributed by atoms with Crippen molar-refractivity contribution in [1.29, 1.82) is 5.26 Å². The number of nitrogens with zero attached hydrogens (tertiary/aromatic N) is 3. The predicted molar refractivity (Wildman–Crippen MR) is 50.8 cm³/mol. The smallest absolute Gasteiger partial charge is 0.249 e. The molecule has 0 aliphatic rings. The highest BCUT2D eigenvalue weighted by Gasteiger charge is 2.20. The van der Waals surface area contributed by atoms with Gasteiger partial charge in [-0.15, -0.1) is 0 Å². The van der Waals surface area contributed by atoms with Crippen molar-refractivity contribution in [3.05, 3.63) is 12.3 Å². The van der Waals surface area contributed by atoms with E-state index in [-0.39, 0.29) is 0 Å². The van der Waals surface area contributed by atoms with Crippen molar-refractivity contribution in [1.82, 2.24) is 9.78 Å². The maximum atomic E-state index is 11.4. The first kappa shape index (κ1) is 10.5. The third-order valence-corrected chi connectivity index (χ3v) is 3.24. The van der Waals surface area contributed by atoms with Gasteiger partial charge in [-0.3, -0.25) is 9.40 Å². The number of anilines is 1. The predicted octanol–water partition coefficient (Wildman–Crippen LogP) is 0.0739. The van der Waals surface area contributed by atoms with Gasteiger partial charge >= 0.3 is 0 Å². The largest absolute Gasteiger partial charge is 0.266 e. The van der Waals surface area contributed by atoms with Crippen LogP contribution in [0.1, 0.15) is 6.92 Å². The van der Waals surface area contributed by atoms with Crippen molar-refractivity contribution >= 4 is 15.8 Å². The van der Waals surface area contributed by atoms with Gasteiger partial charge in [0.1, 0.15) is 5.82 Å². The Hall–Kier alpha value is -1.55. The molecule has 1 heterocycles. The van der Waals surface area contributed by atoms with Crippen molar-refractivity contribution in [2.75, 3.05) is 4.72 Å². The number of hydrogen-bond acceptors (Lipinski definition) is 4. The average Bonchev–Trinajstić information content (AvgIpc) is 2.50. The molecule has 14 heavy (non-hydrogen) atoms. The van der Waals surface area contributed by atoms with Gasteiger partial charge in [0.05, 0.1) is 12.3 Å². The summed E-state index contributed by atoms with van der Waals surface area (Å²) in [6, 6.07) is 3.17. The third kappa shape index (κ3) is 2.03. The van der Waals surface area contributed by atoms with Gasteiger partial charge in [0.15, 0.2) is 5.25 Å². The van der Waals surface area contributed by atoms with Gasteiger partial charge in [0, 0.05) is 13.1 Å². The molecule has 1 unspecified atom stereocenters. The summed E-state index contributed by atoms with van der Waals surface area (Å²) < 4.78 is 26.5. The van der Waals surface area contributed by atoms with E-state index in [9.17, 15) is 8.42 Å². The minimum Gasteiger partial charge on any atom is -0.266 e. The molecule has 0 bridgehead atoms. The number of nitriles is 1. The SMILES string of the molecule is CC(C#N)S(=O)(=O)Nc1ccnn1C. The molecule has 76 valence electrons. The second kappa shape index (κ2) is 3.67. The molecule has 0 saturated carbocycles. The first-order chi connectivity index (χ1) is 6.47. The summed E-state index contributed by atoms with van der Waals surface area (Å²) in [5, 5.41) is 11.2. The van der Waals surface area contributed by atoms with Crippen LogP contribution in [0.25, 0.3) is 0 Å². The summed E-state index contributed by atoms with van der Waals surface area (Å²) in [4.78, 5) is 0. The molecule has 6 nitrogen and oxygen atoms in total. The zero-order chi connectivity index (χ0) is 10.8. The second-order valence-electron chi connectivity index (χ2n) is 2.76. The van der Waals surface area contributed by atoms with Gasteiger partial charge in [-0.25, -0.2) is 8.42 Å². The van der Waals surface area contributed by atoms with Gasteiger partial charge in [-0.05, 0) is 6.92 Å². The van der Waals surface area contributed by atoms with E-state index < -0.39 is 15.3 Å². The number of aromatic nitrogens is 2. The molecule has 1 rings (SSSR count). The van der Waals surface area contributed by atoms with E-state index >= 15 is 0 Å². The standard InChI is InChI=1S/C7H10N4O2S/c1-6(5-8)14(12,13)10-7-3-4-9-11(7)2/h3-4,6,10H,1-2H3. The molecule has 0 spiro atoms. The highest BCUT2D eigenvalue weighted by atomic mass is 32.2. The lowest BCUT2D eigenvalue weighted by atomic mass is 10.5. The zero-order valence-electron chi connectivity index (χ0n) is 7.80. The van der Waals surface area contributed by atoms with Crippen molar-refractivity contribution < 1.29 is 8.42 Å². The summed E-state index contributed by atoms with van der Waals surface area (Å²) in [6.45, 7) is 1.32. The maximum Gasteiger partial charge on any atom is 0.249 e. The van der Waals surface area contributed by atoms with Crippen molar-refractivity contribution in [3.63, 3.8) is 0 Å². The summed E-state index contributed by atoms with van der Waals surface area (Å²) in [5.41, 5.74) is 0. The lowest BCUT2D eigenvalue weighted by molar-refractivity contribution is 0.596. The fourth-order valence-corrected chi connectivity index (χ4v) is 1.58. The molecule has 1 N–H and O–H groups in total. The van der Waals surface area contributed by atoms with Crippen LogP contribution in [0.3, 0.4) is 0 Å². The molecule has 7 heteroatoms. The Morgan fingerprint density at radius 3 is 2.79 bits per heavy atom. The molecular weight excluding hydrogens is 204 g/mol. The number of rotatable bonds is 3. The lowest BCUT2D eigenvalue weighted by Crippen LogP contribution is -2.24. The molecule has 1 atom stereocenters. The average molecular weight is 214 g/mol. The zero-order valence-corrected chi connectivity index (χ0v) is 8.61. The van der Waals surface area contributed by atoms with Crippen molar-refractivity contribution in [2.24, 2.45) is 7.05 Å². The Morgan fingerprint density at radius 1 is 1.71 bits per heavy atom. The Kier molecular flexibility index (Phi) is 2.76. The molecule has 0 aliphatic carbocycles. The Bertz CT molecular complexity index is 456. The van der Waals surface area contributed by atoms with Crippen LogP contribution in [0.5, 0.6) is 0 Å². The minimum absolute atomic E-state index is 0.340. The molecule has 0 saturated heterocycles. The quantitative estimate of drug-likeness (QED) is 0.771. The number of sulfonamides is 1. The highest BCUT2D eigenvalue weighted by Crippen LogP contribution is 2.09. The Morgan fingerprint density at radius 2 is 2.36 bits per heavy atom. The fourth-order valence-electron chi connectivity index (χ4n) is 0.778. The van der Waals surface area contributed by atoms with E-state index in [1.165, 1.54) is 23.9 Å². The van der Waals surface area contributed by atoms with E-state index in [2.05, 4.69) is 9.82 Å². The lowest BCUT2D eigenvalue weighted by Gasteiger charge is -2.08. The summed E-state index contributed by atoms with van der Waals surface area (Å²) in [7, 11) is -2.02. The molecule has 1 aromatic rings. The van der Waals surface area contributed by atoms with E-state index in [0.29, 0.717) is 5.82 Å². The Balaban J connectivity index is 2.91.